The highest BCUT2D eigenvalue weighted by Gasteiger charge is 2.05. The lowest BCUT2D eigenvalue weighted by Gasteiger charge is -2.13. The maximum atomic E-state index is 11.0. The van der Waals surface area contributed by atoms with Crippen LogP contribution < -0.4 is 10.6 Å². The predicted octanol–water partition coefficient (Wildman–Crippen LogP) is 1.69. The summed E-state index contributed by atoms with van der Waals surface area (Å²) in [5.74, 6) is 0.00682. The van der Waals surface area contributed by atoms with Crippen LogP contribution >= 0.6 is 22.6 Å². The van der Waals surface area contributed by atoms with Gasteiger partial charge in [0.05, 0.1) is 6.54 Å². The molecule has 0 bridgehead atoms. The monoisotopic (exact) mass is 318 g/mol. The van der Waals surface area contributed by atoms with Crippen LogP contribution in [0.1, 0.15) is 18.5 Å². The third-order valence-electron chi connectivity index (χ3n) is 2.22. The molecule has 1 aromatic carbocycles. The van der Waals surface area contributed by atoms with Crippen LogP contribution in [0.4, 0.5) is 0 Å². The fraction of sp³-hybridized carbons (Fsp3) is 0.364. The minimum absolute atomic E-state index is 0.00682. The van der Waals surface area contributed by atoms with Gasteiger partial charge < -0.3 is 10.6 Å². The molecular formula is C11H15IN2O. The number of carbonyl (C=O) groups is 1. The molecule has 3 nitrogen and oxygen atoms in total. The van der Waals surface area contributed by atoms with Crippen LogP contribution in [0.3, 0.4) is 0 Å². The Hall–Kier alpha value is -0.620. The molecule has 1 aromatic rings. The Kier molecular flexibility index (Phi) is 5.04. The van der Waals surface area contributed by atoms with Gasteiger partial charge in [0.25, 0.3) is 0 Å². The Morgan fingerprint density at radius 3 is 2.53 bits per heavy atom. The van der Waals surface area contributed by atoms with E-state index in [9.17, 15) is 4.79 Å². The molecule has 1 rings (SSSR count). The zero-order valence-corrected chi connectivity index (χ0v) is 11.0. The molecule has 2 N–H and O–H groups in total. The summed E-state index contributed by atoms with van der Waals surface area (Å²) >= 11 is 2.27. The Bertz CT molecular complexity index is 324. The largest absolute Gasteiger partial charge is 0.358 e. The summed E-state index contributed by atoms with van der Waals surface area (Å²) in [5.41, 5.74) is 1.19. The minimum atomic E-state index is 0.00682. The van der Waals surface area contributed by atoms with E-state index < -0.39 is 0 Å². The molecule has 1 unspecified atom stereocenters. The number of amides is 1. The van der Waals surface area contributed by atoms with Crippen LogP contribution in [0.2, 0.25) is 0 Å². The van der Waals surface area contributed by atoms with Crippen LogP contribution in [0.15, 0.2) is 24.3 Å². The third kappa shape index (κ3) is 4.17. The molecule has 82 valence electrons. The van der Waals surface area contributed by atoms with E-state index in [0.717, 1.165) is 0 Å². The topological polar surface area (TPSA) is 41.1 Å². The van der Waals surface area contributed by atoms with Crippen molar-refractivity contribution >= 4 is 28.5 Å². The summed E-state index contributed by atoms with van der Waals surface area (Å²) in [5, 5.41) is 5.73. The van der Waals surface area contributed by atoms with E-state index in [4.69, 9.17) is 0 Å². The van der Waals surface area contributed by atoms with E-state index in [1.54, 1.807) is 7.05 Å². The van der Waals surface area contributed by atoms with Crippen molar-refractivity contribution in [2.45, 2.75) is 13.0 Å². The van der Waals surface area contributed by atoms with Crippen LogP contribution in [0, 0.1) is 3.57 Å². The summed E-state index contributed by atoms with van der Waals surface area (Å²) in [6.07, 6.45) is 0. The fourth-order valence-corrected chi connectivity index (χ4v) is 1.56. The van der Waals surface area contributed by atoms with Crippen molar-refractivity contribution in [1.29, 1.82) is 0 Å². The average Bonchev–Trinajstić information content (AvgIpc) is 2.26. The van der Waals surface area contributed by atoms with Gasteiger partial charge in [0.15, 0.2) is 0 Å². The van der Waals surface area contributed by atoms with Gasteiger partial charge in [-0.1, -0.05) is 12.1 Å². The summed E-state index contributed by atoms with van der Waals surface area (Å²) in [6, 6.07) is 8.47. The Morgan fingerprint density at radius 1 is 1.40 bits per heavy atom. The molecule has 0 saturated heterocycles. The molecule has 1 atom stereocenters. The summed E-state index contributed by atoms with van der Waals surface area (Å²) < 4.78 is 1.22. The molecule has 1 amide bonds. The van der Waals surface area contributed by atoms with E-state index >= 15 is 0 Å². The lowest BCUT2D eigenvalue weighted by molar-refractivity contribution is -0.119. The predicted molar refractivity (Wildman–Crippen MR) is 69.6 cm³/mol. The second-order valence-electron chi connectivity index (χ2n) is 3.33. The van der Waals surface area contributed by atoms with Crippen molar-refractivity contribution < 1.29 is 4.79 Å². The molecule has 0 aliphatic carbocycles. The highest BCUT2D eigenvalue weighted by molar-refractivity contribution is 14.1. The standard InChI is InChI=1S/C11H15IN2O/c1-8(14-7-11(15)13-2)9-3-5-10(12)6-4-9/h3-6,8,14H,7H2,1-2H3,(H,13,15). The molecule has 0 fully saturated rings. The molecule has 15 heavy (non-hydrogen) atoms. The maximum Gasteiger partial charge on any atom is 0.233 e. The Labute approximate surface area is 104 Å². The van der Waals surface area contributed by atoms with Crippen molar-refractivity contribution in [1.82, 2.24) is 10.6 Å². The van der Waals surface area contributed by atoms with E-state index in [1.165, 1.54) is 9.13 Å². The first kappa shape index (κ1) is 12.4. The van der Waals surface area contributed by atoms with Crippen molar-refractivity contribution in [2.24, 2.45) is 0 Å². The van der Waals surface area contributed by atoms with E-state index in [-0.39, 0.29) is 11.9 Å². The average molecular weight is 318 g/mol. The third-order valence-corrected chi connectivity index (χ3v) is 2.94. The number of nitrogens with one attached hydrogen (secondary N) is 2. The first-order valence-electron chi connectivity index (χ1n) is 4.83. The van der Waals surface area contributed by atoms with Gasteiger partial charge in [-0.15, -0.1) is 0 Å². The van der Waals surface area contributed by atoms with E-state index in [1.807, 2.05) is 6.92 Å². The van der Waals surface area contributed by atoms with Gasteiger partial charge >= 0.3 is 0 Å². The SMILES string of the molecule is CNC(=O)CNC(C)c1ccc(I)cc1. The van der Waals surface area contributed by atoms with E-state index in [2.05, 4.69) is 57.5 Å². The van der Waals surface area contributed by atoms with Gasteiger partial charge in [0, 0.05) is 16.7 Å². The summed E-state index contributed by atoms with van der Waals surface area (Å²) in [7, 11) is 1.64. The zero-order chi connectivity index (χ0) is 11.3. The molecule has 0 aromatic heterocycles. The number of likely N-dealkylation sites (N-methyl/N-ethyl adjacent to an activating group) is 1. The molecule has 0 aliphatic rings. The van der Waals surface area contributed by atoms with E-state index in [0.29, 0.717) is 6.54 Å². The van der Waals surface area contributed by atoms with Gasteiger partial charge in [0.2, 0.25) is 5.91 Å². The van der Waals surface area contributed by atoms with Crippen LogP contribution in [-0.2, 0) is 4.79 Å². The van der Waals surface area contributed by atoms with Crippen LogP contribution in [0.5, 0.6) is 0 Å². The zero-order valence-electron chi connectivity index (χ0n) is 8.88. The molecule has 0 saturated carbocycles. The van der Waals surface area contributed by atoms with Gasteiger partial charge in [-0.2, -0.15) is 0 Å². The summed E-state index contributed by atoms with van der Waals surface area (Å²) in [6.45, 7) is 2.40. The normalized spacial score (nSPS) is 12.2. The quantitative estimate of drug-likeness (QED) is 0.830. The molecule has 0 spiro atoms. The number of carbonyl (C=O) groups excluding carboxylic acids is 1. The number of rotatable bonds is 4. The fourth-order valence-electron chi connectivity index (χ4n) is 1.20. The first-order chi connectivity index (χ1) is 7.13. The molecule has 0 heterocycles. The van der Waals surface area contributed by atoms with Gasteiger partial charge in [-0.25, -0.2) is 0 Å². The van der Waals surface area contributed by atoms with Crippen molar-refractivity contribution in [3.8, 4) is 0 Å². The maximum absolute atomic E-state index is 11.0. The van der Waals surface area contributed by atoms with Crippen LogP contribution in [-0.4, -0.2) is 19.5 Å². The summed E-state index contributed by atoms with van der Waals surface area (Å²) in [4.78, 5) is 11.0. The lowest BCUT2D eigenvalue weighted by atomic mass is 10.1. The highest BCUT2D eigenvalue weighted by Crippen LogP contribution is 2.13. The molecule has 4 heteroatoms. The minimum Gasteiger partial charge on any atom is -0.358 e. The molecular weight excluding hydrogens is 303 g/mol. The smallest absolute Gasteiger partial charge is 0.233 e. The molecule has 0 radical (unpaired) electrons. The highest BCUT2D eigenvalue weighted by atomic mass is 127. The second kappa shape index (κ2) is 6.07. The number of halogens is 1. The van der Waals surface area contributed by atoms with Crippen molar-refractivity contribution in [3.63, 3.8) is 0 Å². The number of benzene rings is 1. The van der Waals surface area contributed by atoms with Gasteiger partial charge in [0.1, 0.15) is 0 Å². The number of hydrogen-bond donors (Lipinski definition) is 2. The van der Waals surface area contributed by atoms with Crippen molar-refractivity contribution in [2.75, 3.05) is 13.6 Å². The van der Waals surface area contributed by atoms with Crippen molar-refractivity contribution in [3.05, 3.63) is 33.4 Å². The Balaban J connectivity index is 2.50. The second-order valence-corrected chi connectivity index (χ2v) is 4.57. The van der Waals surface area contributed by atoms with Gasteiger partial charge in [-0.05, 0) is 47.2 Å². The van der Waals surface area contributed by atoms with Crippen LogP contribution in [0.25, 0.3) is 0 Å². The van der Waals surface area contributed by atoms with Gasteiger partial charge in [-0.3, -0.25) is 4.79 Å². The lowest BCUT2D eigenvalue weighted by Crippen LogP contribution is -2.32. The number of hydrogen-bond acceptors (Lipinski definition) is 2. The first-order valence-corrected chi connectivity index (χ1v) is 5.91. The molecule has 0 aliphatic heterocycles. The Morgan fingerprint density at radius 2 is 2.00 bits per heavy atom.